The number of unbranched alkanes of at least 4 members (excludes halogenated alkanes) is 10. The first-order chi connectivity index (χ1) is 20.3. The van der Waals surface area contributed by atoms with Crippen molar-refractivity contribution in [2.24, 2.45) is 0 Å². The van der Waals surface area contributed by atoms with Gasteiger partial charge in [0.05, 0.1) is 13.2 Å². The Morgan fingerprint density at radius 3 is 1.98 bits per heavy atom. The molecular formula is C33H58N2O7. The topological polar surface area (TPSA) is 142 Å². The molecule has 0 saturated carbocycles. The molecule has 0 bridgehead atoms. The molecule has 42 heavy (non-hydrogen) atoms. The molecule has 242 valence electrons. The molecule has 0 fully saturated rings. The molecule has 2 amide bonds. The van der Waals surface area contributed by atoms with Crippen LogP contribution >= 0.6 is 0 Å². The summed E-state index contributed by atoms with van der Waals surface area (Å²) in [7, 11) is 0. The lowest BCUT2D eigenvalue weighted by Gasteiger charge is -2.18. The Labute approximate surface area is 253 Å². The number of carbonyl (C=O) groups is 4. The van der Waals surface area contributed by atoms with Crippen molar-refractivity contribution in [2.75, 3.05) is 13.2 Å². The highest BCUT2D eigenvalue weighted by molar-refractivity contribution is 5.87. The van der Waals surface area contributed by atoms with E-state index in [9.17, 15) is 19.2 Å². The molecule has 9 nitrogen and oxygen atoms in total. The average molecular weight is 595 g/mol. The Morgan fingerprint density at radius 2 is 1.31 bits per heavy atom. The average Bonchev–Trinajstić information content (AvgIpc) is 2.97. The predicted molar refractivity (Wildman–Crippen MR) is 167 cm³/mol. The van der Waals surface area contributed by atoms with E-state index >= 15 is 0 Å². The van der Waals surface area contributed by atoms with Crippen LogP contribution in [0.2, 0.25) is 0 Å². The van der Waals surface area contributed by atoms with E-state index in [1.54, 1.807) is 0 Å². The molecule has 0 aromatic carbocycles. The van der Waals surface area contributed by atoms with Crippen molar-refractivity contribution in [2.45, 2.75) is 148 Å². The molecule has 0 aliphatic heterocycles. The zero-order valence-electron chi connectivity index (χ0n) is 26.2. The highest BCUT2D eigenvalue weighted by Crippen LogP contribution is 2.16. The van der Waals surface area contributed by atoms with Gasteiger partial charge in [0.2, 0.25) is 11.8 Å². The van der Waals surface area contributed by atoms with Crippen LogP contribution in [0.1, 0.15) is 136 Å². The number of carboxylic acid groups (broad SMARTS) is 1. The second kappa shape index (κ2) is 28.4. The van der Waals surface area contributed by atoms with Crippen LogP contribution in [0, 0.1) is 0 Å². The maximum atomic E-state index is 12.4. The van der Waals surface area contributed by atoms with E-state index < -0.39 is 24.5 Å². The summed E-state index contributed by atoms with van der Waals surface area (Å²) in [6.07, 6.45) is 26.9. The van der Waals surface area contributed by atoms with Gasteiger partial charge in [-0.15, -0.1) is 0 Å². The summed E-state index contributed by atoms with van der Waals surface area (Å²) in [5.74, 6) is -2.42. The number of nitrogens with one attached hydrogen (secondary N) is 2. The van der Waals surface area contributed by atoms with Crippen LogP contribution in [0.15, 0.2) is 24.3 Å². The summed E-state index contributed by atoms with van der Waals surface area (Å²) in [6, 6.07) is -1.39. The Balaban J connectivity index is 3.97. The van der Waals surface area contributed by atoms with E-state index in [1.165, 1.54) is 32.1 Å². The van der Waals surface area contributed by atoms with Gasteiger partial charge in [-0.2, -0.15) is 0 Å². The van der Waals surface area contributed by atoms with Crippen molar-refractivity contribution in [3.8, 4) is 0 Å². The van der Waals surface area contributed by atoms with Crippen molar-refractivity contribution < 1.29 is 34.1 Å². The summed E-state index contributed by atoms with van der Waals surface area (Å²) >= 11 is 0. The molecule has 2 atom stereocenters. The third kappa shape index (κ3) is 25.1. The minimum atomic E-state index is -1.39. The molecular weight excluding hydrogens is 536 g/mol. The Morgan fingerprint density at radius 1 is 0.714 bits per heavy atom. The molecule has 4 N–H and O–H groups in total. The fourth-order valence-electron chi connectivity index (χ4n) is 4.36. The zero-order valence-corrected chi connectivity index (χ0v) is 26.2. The SMILES string of the molecule is CCCC/C=C\C/C=C\CCCCCCCC(=O)OC(CCCC)CCCCCC(=O)NCC(=O)NC(CO)C(=O)O. The zero-order chi connectivity index (χ0) is 31.3. The first kappa shape index (κ1) is 39.3. The van der Waals surface area contributed by atoms with Crippen LogP contribution in [0.25, 0.3) is 0 Å². The lowest BCUT2D eigenvalue weighted by molar-refractivity contribution is -0.150. The van der Waals surface area contributed by atoms with Gasteiger partial charge >= 0.3 is 11.9 Å². The molecule has 9 heteroatoms. The number of allylic oxidation sites excluding steroid dienone is 4. The number of carbonyl (C=O) groups excluding carboxylic acids is 3. The quantitative estimate of drug-likeness (QED) is 0.0484. The highest BCUT2D eigenvalue weighted by atomic mass is 16.5. The number of aliphatic hydroxyl groups is 1. The molecule has 0 heterocycles. The van der Waals surface area contributed by atoms with E-state index in [0.29, 0.717) is 12.8 Å². The Bertz CT molecular complexity index is 782. The summed E-state index contributed by atoms with van der Waals surface area (Å²) in [5.41, 5.74) is 0. The van der Waals surface area contributed by atoms with E-state index in [0.717, 1.165) is 70.6 Å². The second-order valence-corrected chi connectivity index (χ2v) is 10.9. The number of ether oxygens (including phenoxy) is 1. The predicted octanol–water partition coefficient (Wildman–Crippen LogP) is 6.14. The maximum Gasteiger partial charge on any atom is 0.328 e. The fourth-order valence-corrected chi connectivity index (χ4v) is 4.36. The molecule has 0 radical (unpaired) electrons. The molecule has 0 spiro atoms. The minimum absolute atomic E-state index is 0.0862. The van der Waals surface area contributed by atoms with Crippen molar-refractivity contribution in [3.05, 3.63) is 24.3 Å². The van der Waals surface area contributed by atoms with Crippen LogP contribution in [0.5, 0.6) is 0 Å². The van der Waals surface area contributed by atoms with Gasteiger partial charge in [-0.3, -0.25) is 14.4 Å². The van der Waals surface area contributed by atoms with Crippen LogP contribution in [0.4, 0.5) is 0 Å². The van der Waals surface area contributed by atoms with Gasteiger partial charge in [0, 0.05) is 12.8 Å². The standard InChI is InChI=1S/C33H58N2O7/c1-3-5-7-8-9-10-11-12-13-14-15-16-17-21-25-32(39)42-28(22-6-4-2)23-19-18-20-24-30(37)34-26-31(38)35-29(27-36)33(40)41/h8-9,11-12,28-29,36H,3-7,10,13-27H2,1-2H3,(H,34,37)(H,35,38)(H,40,41)/b9-8-,12-11-. The number of carboxylic acids is 1. The van der Waals surface area contributed by atoms with E-state index in [2.05, 4.69) is 48.8 Å². The van der Waals surface area contributed by atoms with Gasteiger partial charge in [0.25, 0.3) is 0 Å². The Kier molecular flexibility index (Phi) is 26.6. The normalized spacial score (nSPS) is 12.8. The third-order valence-electron chi connectivity index (χ3n) is 6.95. The molecule has 2 unspecified atom stereocenters. The summed E-state index contributed by atoms with van der Waals surface area (Å²) in [4.78, 5) is 46.9. The number of amides is 2. The molecule has 0 aliphatic carbocycles. The number of aliphatic carboxylic acids is 1. The number of hydrogen-bond donors (Lipinski definition) is 4. The van der Waals surface area contributed by atoms with Gasteiger partial charge in [-0.1, -0.05) is 89.5 Å². The second-order valence-electron chi connectivity index (χ2n) is 10.9. The summed E-state index contributed by atoms with van der Waals surface area (Å²) < 4.78 is 5.78. The lowest BCUT2D eigenvalue weighted by atomic mass is 10.0. The lowest BCUT2D eigenvalue weighted by Crippen LogP contribution is -2.47. The van der Waals surface area contributed by atoms with E-state index in [4.69, 9.17) is 14.9 Å². The molecule has 0 aromatic heterocycles. The van der Waals surface area contributed by atoms with Crippen LogP contribution in [-0.4, -0.2) is 59.3 Å². The smallest absolute Gasteiger partial charge is 0.328 e. The molecule has 0 saturated heterocycles. The first-order valence-electron chi connectivity index (χ1n) is 16.2. The number of hydrogen-bond acceptors (Lipinski definition) is 6. The van der Waals surface area contributed by atoms with Crippen molar-refractivity contribution in [1.82, 2.24) is 10.6 Å². The summed E-state index contributed by atoms with van der Waals surface area (Å²) in [5, 5.41) is 22.3. The minimum Gasteiger partial charge on any atom is -0.480 e. The summed E-state index contributed by atoms with van der Waals surface area (Å²) in [6.45, 7) is 3.26. The van der Waals surface area contributed by atoms with Gasteiger partial charge in [0.1, 0.15) is 12.1 Å². The van der Waals surface area contributed by atoms with Gasteiger partial charge < -0.3 is 25.6 Å². The van der Waals surface area contributed by atoms with Gasteiger partial charge in [0.15, 0.2) is 0 Å². The van der Waals surface area contributed by atoms with Crippen molar-refractivity contribution in [1.29, 1.82) is 0 Å². The highest BCUT2D eigenvalue weighted by Gasteiger charge is 2.19. The molecule has 0 aromatic rings. The number of aliphatic hydroxyl groups excluding tert-OH is 1. The molecule has 0 aliphatic rings. The van der Waals surface area contributed by atoms with Crippen LogP contribution < -0.4 is 10.6 Å². The fraction of sp³-hybridized carbons (Fsp3) is 0.758. The van der Waals surface area contributed by atoms with Crippen LogP contribution in [-0.2, 0) is 23.9 Å². The third-order valence-corrected chi connectivity index (χ3v) is 6.95. The molecule has 0 rings (SSSR count). The van der Waals surface area contributed by atoms with Gasteiger partial charge in [-0.05, 0) is 57.8 Å². The van der Waals surface area contributed by atoms with Gasteiger partial charge in [-0.25, -0.2) is 4.79 Å². The Hall–Kier alpha value is -2.68. The first-order valence-corrected chi connectivity index (χ1v) is 16.2. The monoisotopic (exact) mass is 594 g/mol. The van der Waals surface area contributed by atoms with Crippen molar-refractivity contribution >= 4 is 23.8 Å². The van der Waals surface area contributed by atoms with E-state index in [1.807, 2.05) is 0 Å². The maximum absolute atomic E-state index is 12.4. The number of esters is 1. The largest absolute Gasteiger partial charge is 0.480 e. The van der Waals surface area contributed by atoms with Crippen LogP contribution in [0.3, 0.4) is 0 Å². The van der Waals surface area contributed by atoms with Crippen molar-refractivity contribution in [3.63, 3.8) is 0 Å². The number of rotatable bonds is 28. The van der Waals surface area contributed by atoms with E-state index in [-0.39, 0.29) is 30.9 Å².